The van der Waals surface area contributed by atoms with Gasteiger partial charge in [0.2, 0.25) is 11.8 Å². The molecule has 0 heterocycles. The van der Waals surface area contributed by atoms with Crippen LogP contribution in [0.5, 0.6) is 0 Å². The third kappa shape index (κ3) is 19.6. The summed E-state index contributed by atoms with van der Waals surface area (Å²) >= 11 is 23.2. The van der Waals surface area contributed by atoms with Gasteiger partial charge in [0.15, 0.2) is 0 Å². The maximum atomic E-state index is 13.2. The fraction of sp³-hybridized carbons (Fsp3) is 0.417. The van der Waals surface area contributed by atoms with E-state index in [1.54, 1.807) is 79.4 Å². The van der Waals surface area contributed by atoms with Gasteiger partial charge in [-0.15, -0.1) is 46.4 Å². The number of carbonyl (C=O) groups is 4. The van der Waals surface area contributed by atoms with Crippen LogP contribution in [0.4, 0.5) is 20.2 Å². The second-order valence-corrected chi connectivity index (χ2v) is 15.9. The van der Waals surface area contributed by atoms with Crippen LogP contribution in [0.3, 0.4) is 0 Å². The SMILES string of the molecule is [2H]C([2H])(CCl)N(CCCl)c1ccc(CC(N)C(=O)NC(Cc2ccc(F)cc2)C(=O)OCC)cc1.[2H]C([2H])(Cl)CN(CCCl)c1ccc(CC(N)C(=O)NC(Cc2ccc(F)cc2)C(=O)OCC)cc1. The lowest BCUT2D eigenvalue weighted by Gasteiger charge is -2.23. The van der Waals surface area contributed by atoms with Crippen LogP contribution in [-0.4, -0.2) is 111 Å². The first kappa shape index (κ1) is 49.2. The highest BCUT2D eigenvalue weighted by atomic mass is 35.5. The molecule has 0 aliphatic rings. The summed E-state index contributed by atoms with van der Waals surface area (Å²) in [5.41, 5.74) is 16.4. The Morgan fingerprint density at radius 3 is 1.26 bits per heavy atom. The number of carbonyl (C=O) groups excluding carboxylic acids is 4. The molecule has 0 spiro atoms. The Morgan fingerprint density at radius 2 is 0.909 bits per heavy atom. The molecular formula is C48H60Cl4F2N6O6. The Labute approximate surface area is 412 Å². The highest BCUT2D eigenvalue weighted by molar-refractivity contribution is 6.19. The zero-order valence-electron chi connectivity index (χ0n) is 40.8. The van der Waals surface area contributed by atoms with E-state index in [2.05, 4.69) is 10.6 Å². The van der Waals surface area contributed by atoms with E-state index in [0.717, 1.165) is 16.8 Å². The number of hydrogen-bond donors (Lipinski definition) is 4. The van der Waals surface area contributed by atoms with Gasteiger partial charge in [0.05, 0.1) is 28.0 Å². The van der Waals surface area contributed by atoms with Gasteiger partial charge >= 0.3 is 11.9 Å². The Balaban J connectivity index is 0.000000370. The standard InChI is InChI=1S/2C24H30Cl2FN3O3/c2*1-2-33-24(32)22(16-18-3-7-19(27)8-4-18)29-23(31)21(28)15-17-5-9-20(10-6-17)30(13-11-25)14-12-26/h2*3-10,21-22H,2,11-16,28H2,1H3,(H,29,31)/i13D2;11D2. The molecule has 0 saturated carbocycles. The first-order valence-corrected chi connectivity index (χ1v) is 23.1. The fourth-order valence-corrected chi connectivity index (χ4v) is 7.08. The molecular weight excluding hydrogens is 936 g/mol. The van der Waals surface area contributed by atoms with Crippen molar-refractivity contribution in [2.45, 2.75) is 63.7 Å². The topological polar surface area (TPSA) is 169 Å². The largest absolute Gasteiger partial charge is 0.464 e. The molecule has 0 aromatic heterocycles. The van der Waals surface area contributed by atoms with Crippen LogP contribution in [0.1, 0.15) is 41.6 Å². The maximum absolute atomic E-state index is 13.2. The van der Waals surface area contributed by atoms with Crippen molar-refractivity contribution in [3.8, 4) is 0 Å². The molecule has 4 atom stereocenters. The number of anilines is 2. The average Bonchev–Trinajstić information content (AvgIpc) is 3.32. The van der Waals surface area contributed by atoms with Crippen LogP contribution in [0, 0.1) is 11.6 Å². The Hall–Kier alpha value is -4.70. The highest BCUT2D eigenvalue weighted by Gasteiger charge is 2.27. The summed E-state index contributed by atoms with van der Waals surface area (Å²) < 4.78 is 67.9. The summed E-state index contributed by atoms with van der Waals surface area (Å²) in [6.45, 7) is 2.50. The second kappa shape index (κ2) is 30.6. The number of amides is 2. The molecule has 66 heavy (non-hydrogen) atoms. The molecule has 4 unspecified atom stereocenters. The minimum atomic E-state index is -1.91. The van der Waals surface area contributed by atoms with Crippen LogP contribution in [0.15, 0.2) is 97.1 Å². The molecule has 0 saturated heterocycles. The summed E-state index contributed by atoms with van der Waals surface area (Å²) in [6.07, 6.45) is 0.669. The van der Waals surface area contributed by atoms with Gasteiger partial charge in [-0.05, 0) is 97.5 Å². The van der Waals surface area contributed by atoms with Gasteiger partial charge in [-0.1, -0.05) is 48.5 Å². The minimum Gasteiger partial charge on any atom is -0.464 e. The Kier molecular flexibility index (Phi) is 22.8. The van der Waals surface area contributed by atoms with Crippen molar-refractivity contribution in [2.75, 3.05) is 72.6 Å². The van der Waals surface area contributed by atoms with Gasteiger partial charge in [0, 0.05) is 76.6 Å². The highest BCUT2D eigenvalue weighted by Crippen LogP contribution is 2.19. The number of alkyl halides is 4. The number of halogens is 6. The lowest BCUT2D eigenvalue weighted by Crippen LogP contribution is -2.50. The Bertz CT molecular complexity index is 2240. The van der Waals surface area contributed by atoms with Gasteiger partial charge in [0.1, 0.15) is 23.7 Å². The van der Waals surface area contributed by atoms with Gasteiger partial charge in [0.25, 0.3) is 0 Å². The predicted octanol–water partition coefficient (Wildman–Crippen LogP) is 6.54. The number of nitrogens with zero attached hydrogens (tertiary/aromatic N) is 2. The van der Waals surface area contributed by atoms with Gasteiger partial charge in [-0.3, -0.25) is 9.59 Å². The van der Waals surface area contributed by atoms with Crippen LogP contribution in [0.2, 0.25) is 0 Å². The van der Waals surface area contributed by atoms with Gasteiger partial charge < -0.3 is 41.4 Å². The van der Waals surface area contributed by atoms with Crippen LogP contribution in [0.25, 0.3) is 0 Å². The summed E-state index contributed by atoms with van der Waals surface area (Å²) in [5, 5.41) is 5.28. The molecule has 0 aliphatic carbocycles. The first-order chi connectivity index (χ1) is 33.1. The normalized spacial score (nSPS) is 14.0. The number of nitrogens with two attached hydrogens (primary N) is 2. The summed E-state index contributed by atoms with van der Waals surface area (Å²) in [4.78, 5) is 53.5. The number of esters is 2. The van der Waals surface area contributed by atoms with Crippen LogP contribution < -0.4 is 31.9 Å². The molecule has 360 valence electrons. The van der Waals surface area contributed by atoms with Crippen molar-refractivity contribution in [1.82, 2.24) is 10.6 Å². The Morgan fingerprint density at radius 1 is 0.561 bits per heavy atom. The quantitative estimate of drug-likeness (QED) is 0.0401. The number of rotatable bonds is 26. The molecule has 6 N–H and O–H groups in total. The molecule has 0 aliphatic heterocycles. The third-order valence-electron chi connectivity index (χ3n) is 9.78. The maximum Gasteiger partial charge on any atom is 0.328 e. The van der Waals surface area contributed by atoms with E-state index in [4.69, 9.17) is 72.8 Å². The van der Waals surface area contributed by atoms with E-state index >= 15 is 0 Å². The van der Waals surface area contributed by atoms with Crippen LogP contribution in [-0.2, 0) is 54.3 Å². The molecule has 18 heteroatoms. The van der Waals surface area contributed by atoms with Crippen molar-refractivity contribution in [3.05, 3.63) is 131 Å². The van der Waals surface area contributed by atoms with Crippen molar-refractivity contribution in [2.24, 2.45) is 11.5 Å². The number of ether oxygens (including phenoxy) is 2. The van der Waals surface area contributed by atoms with Crippen molar-refractivity contribution < 1.29 is 42.9 Å². The van der Waals surface area contributed by atoms with Crippen molar-refractivity contribution in [1.29, 1.82) is 0 Å². The summed E-state index contributed by atoms with van der Waals surface area (Å²) in [7, 11) is 0. The third-order valence-corrected chi connectivity index (χ3v) is 10.4. The first-order valence-electron chi connectivity index (χ1n) is 23.1. The zero-order valence-corrected chi connectivity index (χ0v) is 39.8. The molecule has 4 aromatic rings. The molecule has 0 bridgehead atoms. The summed E-state index contributed by atoms with van der Waals surface area (Å²) in [6, 6.07) is 21.5. The van der Waals surface area contributed by atoms with E-state index in [1.165, 1.54) is 41.3 Å². The summed E-state index contributed by atoms with van der Waals surface area (Å²) in [5.74, 6) is -4.65. The van der Waals surface area contributed by atoms with E-state index in [-0.39, 0.29) is 63.7 Å². The number of nitrogens with one attached hydrogen (secondary N) is 2. The molecule has 4 aromatic carbocycles. The fourth-order valence-electron chi connectivity index (χ4n) is 6.42. The average molecular weight is 1000 g/mol. The monoisotopic (exact) mass is 998 g/mol. The van der Waals surface area contributed by atoms with E-state index in [1.807, 2.05) is 0 Å². The molecule has 2 amide bonds. The molecule has 0 radical (unpaired) electrons. The minimum absolute atomic E-state index is 0.0359. The smallest absolute Gasteiger partial charge is 0.328 e. The van der Waals surface area contributed by atoms with E-state index in [0.29, 0.717) is 29.2 Å². The second-order valence-electron chi connectivity index (χ2n) is 14.6. The molecule has 12 nitrogen and oxygen atoms in total. The van der Waals surface area contributed by atoms with Crippen molar-refractivity contribution in [3.63, 3.8) is 0 Å². The molecule has 4 rings (SSSR count). The predicted molar refractivity (Wildman–Crippen MR) is 261 cm³/mol. The van der Waals surface area contributed by atoms with E-state index < -0.39 is 71.9 Å². The van der Waals surface area contributed by atoms with Crippen molar-refractivity contribution >= 4 is 81.5 Å². The number of hydrogen-bond acceptors (Lipinski definition) is 10. The lowest BCUT2D eigenvalue weighted by molar-refractivity contribution is -0.147. The lowest BCUT2D eigenvalue weighted by atomic mass is 10.0. The van der Waals surface area contributed by atoms with Crippen LogP contribution >= 0.6 is 46.4 Å². The van der Waals surface area contributed by atoms with E-state index in [9.17, 15) is 28.0 Å². The number of benzene rings is 4. The van der Waals surface area contributed by atoms with Gasteiger partial charge in [-0.2, -0.15) is 0 Å². The molecule has 0 fully saturated rings. The zero-order chi connectivity index (χ0) is 52.0. The van der Waals surface area contributed by atoms with Gasteiger partial charge in [-0.25, -0.2) is 18.4 Å².